The number of nitrogens with zero attached hydrogens (tertiary/aromatic N) is 1. The first-order chi connectivity index (χ1) is 13.8. The Labute approximate surface area is 172 Å². The Morgan fingerprint density at radius 1 is 1.14 bits per heavy atom. The highest BCUT2D eigenvalue weighted by Crippen LogP contribution is 2.60. The third-order valence-electron chi connectivity index (χ3n) is 7.39. The SMILES string of the molecule is O=C(NS(=O)(=O)NCC1(OCC23CC4CC(CC(C4)C2)C3)CC1)c1cccnc1. The molecule has 0 aromatic carbocycles. The van der Waals surface area contributed by atoms with Crippen molar-refractivity contribution < 1.29 is 17.9 Å². The van der Waals surface area contributed by atoms with Crippen LogP contribution in [0.25, 0.3) is 0 Å². The lowest BCUT2D eigenvalue weighted by atomic mass is 9.50. The number of hydrogen-bond acceptors (Lipinski definition) is 5. The number of carbonyl (C=O) groups excluding carboxylic acids is 1. The van der Waals surface area contributed by atoms with E-state index in [1.54, 1.807) is 6.07 Å². The maximum Gasteiger partial charge on any atom is 0.301 e. The Hall–Kier alpha value is -1.51. The van der Waals surface area contributed by atoms with Gasteiger partial charge >= 0.3 is 10.2 Å². The molecule has 6 rings (SSSR count). The highest BCUT2D eigenvalue weighted by molar-refractivity contribution is 7.88. The average Bonchev–Trinajstić information content (AvgIpc) is 3.45. The number of rotatable bonds is 8. The average molecular weight is 420 g/mol. The molecule has 5 aliphatic carbocycles. The number of pyridine rings is 1. The molecule has 8 heteroatoms. The predicted molar refractivity (Wildman–Crippen MR) is 107 cm³/mol. The van der Waals surface area contributed by atoms with Gasteiger partial charge in [0.2, 0.25) is 0 Å². The van der Waals surface area contributed by atoms with E-state index in [0.29, 0.717) is 5.41 Å². The molecule has 0 unspecified atom stereocenters. The van der Waals surface area contributed by atoms with E-state index in [1.807, 2.05) is 0 Å². The minimum absolute atomic E-state index is 0.203. The molecular weight excluding hydrogens is 390 g/mol. The molecule has 0 saturated heterocycles. The summed E-state index contributed by atoms with van der Waals surface area (Å²) in [5, 5.41) is 0. The normalized spacial score (nSPS) is 34.1. The molecule has 29 heavy (non-hydrogen) atoms. The second-order valence-corrected chi connectivity index (χ2v) is 11.4. The third-order valence-corrected chi connectivity index (χ3v) is 8.37. The summed E-state index contributed by atoms with van der Waals surface area (Å²) in [5.41, 5.74) is 0.116. The van der Waals surface area contributed by atoms with Gasteiger partial charge < -0.3 is 4.74 Å². The van der Waals surface area contributed by atoms with Crippen molar-refractivity contribution in [3.05, 3.63) is 30.1 Å². The van der Waals surface area contributed by atoms with E-state index in [-0.39, 0.29) is 12.1 Å². The number of nitrogens with one attached hydrogen (secondary N) is 2. The molecule has 0 atom stereocenters. The summed E-state index contributed by atoms with van der Waals surface area (Å²) in [7, 11) is -3.94. The fourth-order valence-electron chi connectivity index (χ4n) is 6.23. The van der Waals surface area contributed by atoms with E-state index in [0.717, 1.165) is 37.2 Å². The van der Waals surface area contributed by atoms with Crippen LogP contribution in [0.4, 0.5) is 0 Å². The predicted octanol–water partition coefficient (Wildman–Crippen LogP) is 2.41. The van der Waals surface area contributed by atoms with Crippen molar-refractivity contribution in [1.29, 1.82) is 0 Å². The number of hydrogen-bond donors (Lipinski definition) is 2. The number of ether oxygens (including phenoxy) is 1. The molecule has 158 valence electrons. The molecule has 0 radical (unpaired) electrons. The van der Waals surface area contributed by atoms with E-state index in [1.165, 1.54) is 57.0 Å². The molecule has 4 bridgehead atoms. The summed E-state index contributed by atoms with van der Waals surface area (Å²) in [5.74, 6) is 1.94. The largest absolute Gasteiger partial charge is 0.373 e. The molecule has 1 heterocycles. The van der Waals surface area contributed by atoms with E-state index in [2.05, 4.69) is 14.4 Å². The zero-order valence-electron chi connectivity index (χ0n) is 16.6. The summed E-state index contributed by atoms with van der Waals surface area (Å²) in [6, 6.07) is 3.11. The van der Waals surface area contributed by atoms with Gasteiger partial charge in [0.1, 0.15) is 0 Å². The van der Waals surface area contributed by atoms with Gasteiger partial charge in [-0.3, -0.25) is 9.78 Å². The van der Waals surface area contributed by atoms with Gasteiger partial charge in [0.25, 0.3) is 5.91 Å². The Balaban J connectivity index is 1.14. The molecule has 0 aliphatic heterocycles. The Kier molecular flexibility index (Phi) is 4.71. The van der Waals surface area contributed by atoms with Crippen molar-refractivity contribution >= 4 is 16.1 Å². The summed E-state index contributed by atoms with van der Waals surface area (Å²) in [6.45, 7) is 0.954. The lowest BCUT2D eigenvalue weighted by Crippen LogP contribution is -2.50. The van der Waals surface area contributed by atoms with Crippen molar-refractivity contribution in [3.63, 3.8) is 0 Å². The van der Waals surface area contributed by atoms with Gasteiger partial charge in [0, 0.05) is 18.9 Å². The first-order valence-electron chi connectivity index (χ1n) is 10.7. The second-order valence-electron chi connectivity index (χ2n) is 9.89. The van der Waals surface area contributed by atoms with Gasteiger partial charge in [-0.25, -0.2) is 4.72 Å². The van der Waals surface area contributed by atoms with E-state index < -0.39 is 21.7 Å². The van der Waals surface area contributed by atoms with E-state index >= 15 is 0 Å². The zero-order chi connectivity index (χ0) is 20.1. The summed E-state index contributed by atoms with van der Waals surface area (Å²) < 4.78 is 35.5. The lowest BCUT2D eigenvalue weighted by molar-refractivity contribution is -0.116. The van der Waals surface area contributed by atoms with Crippen LogP contribution in [0.1, 0.15) is 61.7 Å². The fraction of sp³-hybridized carbons (Fsp3) is 0.714. The van der Waals surface area contributed by atoms with Crippen molar-refractivity contribution in [1.82, 2.24) is 14.4 Å². The first-order valence-corrected chi connectivity index (χ1v) is 12.2. The van der Waals surface area contributed by atoms with Crippen LogP contribution in [-0.4, -0.2) is 38.1 Å². The summed E-state index contributed by atoms with van der Waals surface area (Å²) in [6.07, 6.45) is 12.6. The molecule has 5 aliphatic rings. The maximum atomic E-state index is 12.3. The van der Waals surface area contributed by atoms with Gasteiger partial charge in [-0.2, -0.15) is 13.1 Å². The zero-order valence-corrected chi connectivity index (χ0v) is 17.4. The van der Waals surface area contributed by atoms with Crippen LogP contribution in [-0.2, 0) is 14.9 Å². The van der Waals surface area contributed by atoms with Crippen LogP contribution in [0.5, 0.6) is 0 Å². The van der Waals surface area contributed by atoms with Crippen LogP contribution in [0.3, 0.4) is 0 Å². The van der Waals surface area contributed by atoms with Crippen LogP contribution in [0, 0.1) is 23.2 Å². The third kappa shape index (κ3) is 4.20. The fourth-order valence-corrected chi connectivity index (χ4v) is 7.11. The second kappa shape index (κ2) is 7.03. The molecular formula is C21H29N3O4S. The molecule has 0 spiro atoms. The van der Waals surface area contributed by atoms with Gasteiger partial charge in [0.15, 0.2) is 0 Å². The van der Waals surface area contributed by atoms with Gasteiger partial charge in [-0.1, -0.05) is 0 Å². The molecule has 2 N–H and O–H groups in total. The smallest absolute Gasteiger partial charge is 0.301 e. The monoisotopic (exact) mass is 419 g/mol. The Bertz CT molecular complexity index is 847. The molecule has 5 saturated carbocycles. The maximum absolute atomic E-state index is 12.3. The van der Waals surface area contributed by atoms with E-state index in [4.69, 9.17) is 4.74 Å². The quantitative estimate of drug-likeness (QED) is 0.674. The van der Waals surface area contributed by atoms with Crippen LogP contribution in [0.2, 0.25) is 0 Å². The number of amides is 1. The van der Waals surface area contributed by atoms with Crippen molar-refractivity contribution in [2.45, 2.75) is 57.0 Å². The molecule has 1 aromatic rings. The van der Waals surface area contributed by atoms with Crippen molar-refractivity contribution in [2.75, 3.05) is 13.2 Å². The number of carbonyl (C=O) groups is 1. The van der Waals surface area contributed by atoms with Crippen molar-refractivity contribution in [3.8, 4) is 0 Å². The first kappa shape index (κ1) is 19.5. The van der Waals surface area contributed by atoms with Gasteiger partial charge in [-0.15, -0.1) is 0 Å². The van der Waals surface area contributed by atoms with Gasteiger partial charge in [-0.05, 0) is 86.7 Å². The van der Waals surface area contributed by atoms with Crippen LogP contribution in [0.15, 0.2) is 24.5 Å². The molecule has 1 aromatic heterocycles. The molecule has 5 fully saturated rings. The Morgan fingerprint density at radius 3 is 2.34 bits per heavy atom. The van der Waals surface area contributed by atoms with Crippen molar-refractivity contribution in [2.24, 2.45) is 23.2 Å². The highest BCUT2D eigenvalue weighted by Gasteiger charge is 2.53. The molecule has 7 nitrogen and oxygen atoms in total. The summed E-state index contributed by atoms with van der Waals surface area (Å²) >= 11 is 0. The minimum Gasteiger partial charge on any atom is -0.373 e. The Morgan fingerprint density at radius 2 is 1.79 bits per heavy atom. The minimum atomic E-state index is -3.94. The highest BCUT2D eigenvalue weighted by atomic mass is 32.2. The van der Waals surface area contributed by atoms with E-state index in [9.17, 15) is 13.2 Å². The molecule has 1 amide bonds. The van der Waals surface area contributed by atoms with Crippen LogP contribution >= 0.6 is 0 Å². The lowest BCUT2D eigenvalue weighted by Gasteiger charge is -2.56. The topological polar surface area (TPSA) is 97.4 Å². The van der Waals surface area contributed by atoms with Gasteiger partial charge in [0.05, 0.1) is 17.8 Å². The number of aromatic nitrogens is 1. The summed E-state index contributed by atoms with van der Waals surface area (Å²) in [4.78, 5) is 15.9. The standard InChI is InChI=1S/C21H29N3O4S/c25-19(18-2-1-5-22-12-18)24-29(26,27)23-13-21(3-4-21)28-14-20-9-15-6-16(10-20)8-17(7-15)11-20/h1-2,5,12,15-17,23H,3-4,6-11,13-14H2,(H,24,25). The van der Waals surface area contributed by atoms with Crippen LogP contribution < -0.4 is 9.44 Å².